The van der Waals surface area contributed by atoms with Crippen LogP contribution < -0.4 is 5.32 Å². The molecule has 2 fully saturated rings. The van der Waals surface area contributed by atoms with Crippen LogP contribution in [0.4, 0.5) is 0 Å². The zero-order valence-electron chi connectivity index (χ0n) is 13.0. The average molecular weight is 318 g/mol. The smallest absolute Gasteiger partial charge is 0.242 e. The molecule has 0 saturated carbocycles. The van der Waals surface area contributed by atoms with Gasteiger partial charge in [0.1, 0.15) is 0 Å². The Morgan fingerprint density at radius 1 is 1.19 bits per heavy atom. The van der Waals surface area contributed by atoms with Gasteiger partial charge < -0.3 is 15.1 Å². The van der Waals surface area contributed by atoms with Crippen molar-refractivity contribution in [2.24, 2.45) is 0 Å². The molecule has 0 aliphatic carbocycles. The molecular formula is C15H28ClN3O2. The quantitative estimate of drug-likeness (QED) is 0.853. The van der Waals surface area contributed by atoms with E-state index in [1.807, 2.05) is 11.9 Å². The van der Waals surface area contributed by atoms with E-state index < -0.39 is 0 Å². The van der Waals surface area contributed by atoms with Crippen LogP contribution in [0, 0.1) is 0 Å². The summed E-state index contributed by atoms with van der Waals surface area (Å²) in [4.78, 5) is 28.2. The summed E-state index contributed by atoms with van der Waals surface area (Å²) in [5.41, 5.74) is 0. The molecule has 1 unspecified atom stereocenters. The summed E-state index contributed by atoms with van der Waals surface area (Å²) in [6, 6.07) is 0.303. The molecule has 0 aromatic carbocycles. The molecule has 1 N–H and O–H groups in total. The third-order valence-electron chi connectivity index (χ3n) is 4.38. The fourth-order valence-corrected chi connectivity index (χ4v) is 3.25. The molecular weight excluding hydrogens is 290 g/mol. The normalized spacial score (nSPS) is 23.5. The van der Waals surface area contributed by atoms with Crippen molar-refractivity contribution in [3.8, 4) is 0 Å². The Hall–Kier alpha value is -0.810. The van der Waals surface area contributed by atoms with Crippen LogP contribution in [0.5, 0.6) is 0 Å². The molecule has 21 heavy (non-hydrogen) atoms. The van der Waals surface area contributed by atoms with Crippen molar-refractivity contribution in [2.45, 2.75) is 51.0 Å². The van der Waals surface area contributed by atoms with Gasteiger partial charge in [0.05, 0.1) is 6.54 Å². The number of nitrogens with one attached hydrogen (secondary N) is 1. The Labute approximate surface area is 133 Å². The third-order valence-corrected chi connectivity index (χ3v) is 4.38. The second-order valence-corrected chi connectivity index (χ2v) is 5.92. The first-order valence-electron chi connectivity index (χ1n) is 7.94. The number of carbonyl (C=O) groups excluding carboxylic acids is 2. The summed E-state index contributed by atoms with van der Waals surface area (Å²) in [5, 5.41) is 3.15. The van der Waals surface area contributed by atoms with Crippen molar-refractivity contribution in [3.63, 3.8) is 0 Å². The number of carbonyl (C=O) groups is 2. The highest BCUT2D eigenvalue weighted by atomic mass is 35.5. The largest absolute Gasteiger partial charge is 0.337 e. The van der Waals surface area contributed by atoms with Crippen LogP contribution in [0.25, 0.3) is 0 Å². The van der Waals surface area contributed by atoms with E-state index in [-0.39, 0.29) is 30.8 Å². The van der Waals surface area contributed by atoms with Crippen molar-refractivity contribution in [3.05, 3.63) is 0 Å². The molecule has 0 radical (unpaired) electrons. The maximum absolute atomic E-state index is 12.4. The molecule has 6 heteroatoms. The van der Waals surface area contributed by atoms with E-state index in [2.05, 4.69) is 5.32 Å². The molecule has 2 aliphatic heterocycles. The first-order valence-corrected chi connectivity index (χ1v) is 7.94. The van der Waals surface area contributed by atoms with E-state index in [1.54, 1.807) is 4.90 Å². The molecule has 1 atom stereocenters. The standard InChI is InChI=1S/C15H27N3O2.ClH/c1-16-11-13-7-6-10-18(13)15(20)12-17-9-5-3-2-4-8-14(17)19;/h13,16H,2-12H2,1H3;1H. The number of nitrogens with zero attached hydrogens (tertiary/aromatic N) is 2. The molecule has 0 aromatic rings. The van der Waals surface area contributed by atoms with Crippen LogP contribution in [-0.2, 0) is 9.59 Å². The van der Waals surface area contributed by atoms with E-state index in [0.717, 1.165) is 51.7 Å². The summed E-state index contributed by atoms with van der Waals surface area (Å²) in [5.74, 6) is 0.277. The molecule has 2 aliphatic rings. The molecule has 122 valence electrons. The summed E-state index contributed by atoms with van der Waals surface area (Å²) in [7, 11) is 1.92. The first-order chi connectivity index (χ1) is 9.72. The van der Waals surface area contributed by atoms with Gasteiger partial charge in [-0.05, 0) is 32.7 Å². The van der Waals surface area contributed by atoms with Crippen molar-refractivity contribution >= 4 is 24.2 Å². The Morgan fingerprint density at radius 3 is 2.71 bits per heavy atom. The Balaban J connectivity index is 0.00000220. The number of likely N-dealkylation sites (tertiary alicyclic amines) is 2. The van der Waals surface area contributed by atoms with E-state index >= 15 is 0 Å². The van der Waals surface area contributed by atoms with Gasteiger partial charge in [-0.2, -0.15) is 0 Å². The van der Waals surface area contributed by atoms with E-state index in [4.69, 9.17) is 0 Å². The van der Waals surface area contributed by atoms with Crippen LogP contribution in [-0.4, -0.2) is 60.9 Å². The zero-order chi connectivity index (χ0) is 14.4. The molecule has 2 saturated heterocycles. The van der Waals surface area contributed by atoms with Crippen molar-refractivity contribution in [2.75, 3.05) is 33.2 Å². The van der Waals surface area contributed by atoms with Crippen LogP contribution in [0.3, 0.4) is 0 Å². The second-order valence-electron chi connectivity index (χ2n) is 5.92. The number of rotatable bonds is 4. The summed E-state index contributed by atoms with van der Waals surface area (Å²) >= 11 is 0. The third kappa shape index (κ3) is 5.15. The van der Waals surface area contributed by atoms with Gasteiger partial charge in [-0.25, -0.2) is 0 Å². The molecule has 0 spiro atoms. The lowest BCUT2D eigenvalue weighted by molar-refractivity contribution is -0.141. The lowest BCUT2D eigenvalue weighted by Crippen LogP contribution is -2.47. The molecule has 2 rings (SSSR count). The van der Waals surface area contributed by atoms with Gasteiger partial charge in [0.25, 0.3) is 0 Å². The number of likely N-dealkylation sites (N-methyl/N-ethyl adjacent to an activating group) is 1. The summed E-state index contributed by atoms with van der Waals surface area (Å²) < 4.78 is 0. The van der Waals surface area contributed by atoms with Gasteiger partial charge in [-0.15, -0.1) is 12.4 Å². The van der Waals surface area contributed by atoms with Gasteiger partial charge in [-0.3, -0.25) is 9.59 Å². The van der Waals surface area contributed by atoms with Gasteiger partial charge in [0, 0.05) is 32.1 Å². The number of hydrogen-bond acceptors (Lipinski definition) is 3. The predicted molar refractivity (Wildman–Crippen MR) is 85.6 cm³/mol. The SMILES string of the molecule is CNCC1CCCN1C(=O)CN1CCCCCCC1=O.Cl. The first kappa shape index (κ1) is 18.2. The monoisotopic (exact) mass is 317 g/mol. The van der Waals surface area contributed by atoms with Gasteiger partial charge >= 0.3 is 0 Å². The number of amides is 2. The Bertz CT molecular complexity index is 352. The highest BCUT2D eigenvalue weighted by Gasteiger charge is 2.29. The van der Waals surface area contributed by atoms with Crippen molar-refractivity contribution in [1.29, 1.82) is 0 Å². The van der Waals surface area contributed by atoms with Crippen LogP contribution >= 0.6 is 12.4 Å². The maximum atomic E-state index is 12.4. The summed E-state index contributed by atoms with van der Waals surface area (Å²) in [6.45, 7) is 2.71. The molecule has 2 amide bonds. The van der Waals surface area contributed by atoms with E-state index in [1.165, 1.54) is 6.42 Å². The highest BCUT2D eigenvalue weighted by Crippen LogP contribution is 2.18. The van der Waals surface area contributed by atoms with Crippen LogP contribution in [0.15, 0.2) is 0 Å². The Morgan fingerprint density at radius 2 is 1.95 bits per heavy atom. The number of hydrogen-bond donors (Lipinski definition) is 1. The van der Waals surface area contributed by atoms with E-state index in [9.17, 15) is 9.59 Å². The van der Waals surface area contributed by atoms with Gasteiger partial charge in [-0.1, -0.05) is 12.8 Å². The fraction of sp³-hybridized carbons (Fsp3) is 0.867. The van der Waals surface area contributed by atoms with Crippen molar-refractivity contribution in [1.82, 2.24) is 15.1 Å². The second kappa shape index (κ2) is 9.26. The highest BCUT2D eigenvalue weighted by molar-refractivity contribution is 5.85. The maximum Gasteiger partial charge on any atom is 0.242 e. The molecule has 0 bridgehead atoms. The van der Waals surface area contributed by atoms with Crippen LogP contribution in [0.2, 0.25) is 0 Å². The van der Waals surface area contributed by atoms with Gasteiger partial charge in [0.2, 0.25) is 11.8 Å². The topological polar surface area (TPSA) is 52.7 Å². The molecule has 5 nitrogen and oxygen atoms in total. The average Bonchev–Trinajstić information content (AvgIpc) is 2.87. The predicted octanol–water partition coefficient (Wildman–Crippen LogP) is 1.41. The minimum absolute atomic E-state index is 0. The molecule has 2 heterocycles. The zero-order valence-corrected chi connectivity index (χ0v) is 13.8. The van der Waals surface area contributed by atoms with Crippen molar-refractivity contribution < 1.29 is 9.59 Å². The Kier molecular flexibility index (Phi) is 8.04. The van der Waals surface area contributed by atoms with E-state index in [0.29, 0.717) is 12.5 Å². The lowest BCUT2D eigenvalue weighted by Gasteiger charge is -2.29. The van der Waals surface area contributed by atoms with Gasteiger partial charge in [0.15, 0.2) is 0 Å². The summed E-state index contributed by atoms with van der Waals surface area (Å²) in [6.07, 6.45) is 7.06. The lowest BCUT2D eigenvalue weighted by atomic mass is 10.1. The molecule has 0 aromatic heterocycles. The minimum atomic E-state index is 0. The minimum Gasteiger partial charge on any atom is -0.337 e. The van der Waals surface area contributed by atoms with Crippen LogP contribution in [0.1, 0.15) is 44.9 Å². The number of halogens is 1. The fourth-order valence-electron chi connectivity index (χ4n) is 3.25.